The highest BCUT2D eigenvalue weighted by Crippen LogP contribution is 2.45. The van der Waals surface area contributed by atoms with Crippen molar-refractivity contribution in [1.29, 1.82) is 0 Å². The van der Waals surface area contributed by atoms with E-state index in [1.54, 1.807) is 12.1 Å². The van der Waals surface area contributed by atoms with E-state index in [4.69, 9.17) is 9.57 Å². The summed E-state index contributed by atoms with van der Waals surface area (Å²) < 4.78 is 5.44. The predicted octanol–water partition coefficient (Wildman–Crippen LogP) is 4.12. The highest BCUT2D eigenvalue weighted by atomic mass is 16.8. The van der Waals surface area contributed by atoms with Crippen molar-refractivity contribution in [3.63, 3.8) is 0 Å². The van der Waals surface area contributed by atoms with Crippen LogP contribution >= 0.6 is 0 Å². The Hall–Kier alpha value is -3.67. The molecule has 6 heteroatoms. The van der Waals surface area contributed by atoms with Crippen LogP contribution in [0.2, 0.25) is 0 Å². The molecule has 1 unspecified atom stereocenters. The maximum Gasteiger partial charge on any atom is 0.535 e. The van der Waals surface area contributed by atoms with Crippen LogP contribution in [0.15, 0.2) is 66.7 Å². The lowest BCUT2D eigenvalue weighted by atomic mass is 9.97. The number of hydrogen-bond donors (Lipinski definition) is 0. The molecule has 1 atom stereocenters. The van der Waals surface area contributed by atoms with Gasteiger partial charge in [0.25, 0.3) is 0 Å². The topological polar surface area (TPSA) is 66.2 Å². The number of hydrogen-bond acceptors (Lipinski definition) is 5. The lowest BCUT2D eigenvalue weighted by molar-refractivity contribution is 0.0379. The van der Waals surface area contributed by atoms with Crippen molar-refractivity contribution >= 4 is 17.2 Å². The van der Waals surface area contributed by atoms with Gasteiger partial charge >= 0.3 is 6.16 Å². The van der Waals surface area contributed by atoms with E-state index >= 15 is 0 Å². The molecule has 1 heterocycles. The van der Waals surface area contributed by atoms with E-state index in [1.165, 1.54) is 16.7 Å². The molecule has 0 saturated carbocycles. The van der Waals surface area contributed by atoms with Crippen molar-refractivity contribution in [2.75, 3.05) is 6.61 Å². The van der Waals surface area contributed by atoms with Gasteiger partial charge in [0, 0.05) is 5.92 Å². The molecule has 0 bridgehead atoms. The first kappa shape index (κ1) is 16.5. The number of benzene rings is 3. The van der Waals surface area contributed by atoms with Gasteiger partial charge in [-0.3, -0.25) is 4.84 Å². The molecule has 0 amide bonds. The van der Waals surface area contributed by atoms with Crippen molar-refractivity contribution < 1.29 is 14.4 Å². The lowest BCUT2D eigenvalue weighted by Crippen LogP contribution is -2.23. The molecule has 138 valence electrons. The van der Waals surface area contributed by atoms with E-state index in [0.717, 1.165) is 16.0 Å². The maximum atomic E-state index is 12.3. The van der Waals surface area contributed by atoms with E-state index < -0.39 is 6.16 Å². The van der Waals surface area contributed by atoms with Crippen LogP contribution in [-0.4, -0.2) is 27.9 Å². The summed E-state index contributed by atoms with van der Waals surface area (Å²) in [4.78, 5) is 18.5. The van der Waals surface area contributed by atoms with Crippen molar-refractivity contribution in [1.82, 2.24) is 15.2 Å². The van der Waals surface area contributed by atoms with Crippen molar-refractivity contribution in [2.45, 2.75) is 12.8 Å². The van der Waals surface area contributed by atoms with Crippen LogP contribution in [0.3, 0.4) is 0 Å². The van der Waals surface area contributed by atoms with Gasteiger partial charge in [0.15, 0.2) is 0 Å². The summed E-state index contributed by atoms with van der Waals surface area (Å²) in [7, 11) is 0. The van der Waals surface area contributed by atoms with Crippen LogP contribution in [-0.2, 0) is 4.74 Å². The molecule has 0 N–H and O–H groups in total. The lowest BCUT2D eigenvalue weighted by Gasteiger charge is -2.13. The molecule has 1 aliphatic carbocycles. The van der Waals surface area contributed by atoms with E-state index in [-0.39, 0.29) is 12.5 Å². The zero-order valence-corrected chi connectivity index (χ0v) is 15.2. The summed E-state index contributed by atoms with van der Waals surface area (Å²) >= 11 is 0. The van der Waals surface area contributed by atoms with Crippen molar-refractivity contribution in [3.05, 3.63) is 83.4 Å². The number of carbonyl (C=O) groups is 1. The quantitative estimate of drug-likeness (QED) is 0.400. The molecule has 0 spiro atoms. The predicted molar refractivity (Wildman–Crippen MR) is 104 cm³/mol. The smallest absolute Gasteiger partial charge is 0.432 e. The summed E-state index contributed by atoms with van der Waals surface area (Å²) in [5.41, 5.74) is 7.14. The molecule has 28 heavy (non-hydrogen) atoms. The number of fused-ring (bicyclic) bond motifs is 4. The highest BCUT2D eigenvalue weighted by molar-refractivity contribution is 5.79. The van der Waals surface area contributed by atoms with E-state index in [9.17, 15) is 4.79 Å². The maximum absolute atomic E-state index is 12.3. The fraction of sp³-hybridized carbons (Fsp3) is 0.136. The van der Waals surface area contributed by atoms with Crippen LogP contribution < -0.4 is 4.84 Å². The molecule has 4 aromatic rings. The number of aromatic nitrogens is 3. The highest BCUT2D eigenvalue weighted by Gasteiger charge is 2.29. The molecule has 0 aliphatic heterocycles. The molecule has 3 aromatic carbocycles. The van der Waals surface area contributed by atoms with Gasteiger partial charge < -0.3 is 4.74 Å². The van der Waals surface area contributed by atoms with Crippen LogP contribution in [0, 0.1) is 6.92 Å². The second kappa shape index (κ2) is 6.49. The fourth-order valence-electron chi connectivity index (χ4n) is 3.76. The first-order valence-electron chi connectivity index (χ1n) is 9.06. The molecule has 6 nitrogen and oxygen atoms in total. The van der Waals surface area contributed by atoms with Gasteiger partial charge in [-0.1, -0.05) is 65.0 Å². The standard InChI is InChI=1S/C22H17N3O3/c1-14-10-11-17-18(12-14)15-6-2-3-7-16(15)19(17)13-27-22(26)28-25-21-9-5-4-8-20(21)23-24-25/h2-12,19H,13H2,1H3. The van der Waals surface area contributed by atoms with Gasteiger partial charge in [-0.15, -0.1) is 5.10 Å². The van der Waals surface area contributed by atoms with Gasteiger partial charge in [-0.2, -0.15) is 0 Å². The summed E-state index contributed by atoms with van der Waals surface area (Å²) in [6, 6.07) is 21.8. The van der Waals surface area contributed by atoms with Crippen molar-refractivity contribution in [3.8, 4) is 11.1 Å². The number of aryl methyl sites for hydroxylation is 1. The molecule has 0 radical (unpaired) electrons. The van der Waals surface area contributed by atoms with Crippen molar-refractivity contribution in [2.24, 2.45) is 0 Å². The SMILES string of the molecule is Cc1ccc2c(c1)-c1ccccc1C2COC(=O)On1nnc2ccccc21. The monoisotopic (exact) mass is 371 g/mol. The molecule has 1 aromatic heterocycles. The molecule has 1 aliphatic rings. The summed E-state index contributed by atoms with van der Waals surface area (Å²) in [6.45, 7) is 2.27. The number of ether oxygens (including phenoxy) is 1. The average molecular weight is 371 g/mol. The number of nitrogens with zero attached hydrogens (tertiary/aromatic N) is 3. The zero-order chi connectivity index (χ0) is 19.1. The Kier molecular flexibility index (Phi) is 3.83. The van der Waals surface area contributed by atoms with Crippen LogP contribution in [0.5, 0.6) is 0 Å². The van der Waals surface area contributed by atoms with E-state index in [2.05, 4.69) is 47.6 Å². The Morgan fingerprint density at radius 3 is 2.71 bits per heavy atom. The second-order valence-electron chi connectivity index (χ2n) is 6.83. The molecule has 0 fully saturated rings. The minimum atomic E-state index is -0.811. The van der Waals surface area contributed by atoms with Crippen LogP contribution in [0.1, 0.15) is 22.6 Å². The zero-order valence-electron chi connectivity index (χ0n) is 15.2. The molecular weight excluding hydrogens is 354 g/mol. The third-order valence-corrected chi connectivity index (χ3v) is 5.06. The Morgan fingerprint density at radius 2 is 1.79 bits per heavy atom. The Morgan fingerprint density at radius 1 is 1.00 bits per heavy atom. The largest absolute Gasteiger partial charge is 0.535 e. The molecule has 5 rings (SSSR count). The minimum absolute atomic E-state index is 0.0214. The molecule has 0 saturated heterocycles. The number of rotatable bonds is 3. The van der Waals surface area contributed by atoms with Gasteiger partial charge in [-0.05, 0) is 46.5 Å². The third kappa shape index (κ3) is 2.70. The van der Waals surface area contributed by atoms with Crippen LogP contribution in [0.4, 0.5) is 4.79 Å². The minimum Gasteiger partial charge on any atom is -0.432 e. The Bertz CT molecular complexity index is 1200. The van der Waals surface area contributed by atoms with Gasteiger partial charge in [0.1, 0.15) is 17.6 Å². The third-order valence-electron chi connectivity index (χ3n) is 5.06. The first-order chi connectivity index (χ1) is 13.7. The van der Waals surface area contributed by atoms with Gasteiger partial charge in [0.2, 0.25) is 0 Å². The normalized spacial score (nSPS) is 14.5. The van der Waals surface area contributed by atoms with E-state index in [1.807, 2.05) is 24.3 Å². The Balaban J connectivity index is 1.36. The average Bonchev–Trinajstić information content (AvgIpc) is 3.25. The van der Waals surface area contributed by atoms with E-state index in [0.29, 0.717) is 11.0 Å². The first-order valence-corrected chi connectivity index (χ1v) is 9.06. The summed E-state index contributed by atoms with van der Waals surface area (Å²) in [6.07, 6.45) is -0.811. The summed E-state index contributed by atoms with van der Waals surface area (Å²) in [5.74, 6) is -0.0214. The Labute approximate surface area is 161 Å². The van der Waals surface area contributed by atoms with Gasteiger partial charge in [-0.25, -0.2) is 4.79 Å². The summed E-state index contributed by atoms with van der Waals surface area (Å²) in [5, 5.41) is 7.80. The fourth-order valence-corrected chi connectivity index (χ4v) is 3.76. The number of para-hydroxylation sites is 1. The van der Waals surface area contributed by atoms with Crippen LogP contribution in [0.25, 0.3) is 22.2 Å². The molecular formula is C22H17N3O3. The number of carbonyl (C=O) groups excluding carboxylic acids is 1. The second-order valence-corrected chi connectivity index (χ2v) is 6.83. The van der Waals surface area contributed by atoms with Gasteiger partial charge in [0.05, 0.1) is 0 Å².